The van der Waals surface area contributed by atoms with Gasteiger partial charge in [0.1, 0.15) is 0 Å². The van der Waals surface area contributed by atoms with Gasteiger partial charge < -0.3 is 16.0 Å². The second-order valence-corrected chi connectivity index (χ2v) is 5.55. The predicted molar refractivity (Wildman–Crippen MR) is 89.6 cm³/mol. The molecule has 0 spiro atoms. The van der Waals surface area contributed by atoms with Crippen LogP contribution in [-0.2, 0) is 0 Å². The van der Waals surface area contributed by atoms with E-state index in [4.69, 9.17) is 28.9 Å². The Hall–Kier alpha value is -1.91. The zero-order valence-corrected chi connectivity index (χ0v) is 13.2. The minimum Gasteiger partial charge on any atom is -0.397 e. The standard InChI is InChI=1S/C15H15Cl2N3O/c1-20(2)11-5-3-4-10(8-11)19-15(21)9-6-12(16)14(17)13(18)7-9/h3-8H,18H2,1-2H3,(H,19,21). The molecular formula is C15H15Cl2N3O. The van der Waals surface area contributed by atoms with Crippen LogP contribution in [0, 0.1) is 0 Å². The first-order valence-electron chi connectivity index (χ1n) is 6.21. The number of carbonyl (C=O) groups is 1. The fourth-order valence-corrected chi connectivity index (χ4v) is 2.14. The van der Waals surface area contributed by atoms with Crippen LogP contribution in [-0.4, -0.2) is 20.0 Å². The molecule has 1 amide bonds. The van der Waals surface area contributed by atoms with E-state index in [-0.39, 0.29) is 21.6 Å². The Balaban J connectivity index is 2.24. The van der Waals surface area contributed by atoms with Crippen molar-refractivity contribution in [2.75, 3.05) is 30.0 Å². The second kappa shape index (κ2) is 6.24. The van der Waals surface area contributed by atoms with Crippen LogP contribution in [0.4, 0.5) is 17.1 Å². The van der Waals surface area contributed by atoms with Gasteiger partial charge in [-0.1, -0.05) is 29.3 Å². The Morgan fingerprint density at radius 3 is 2.52 bits per heavy atom. The normalized spacial score (nSPS) is 10.3. The molecule has 21 heavy (non-hydrogen) atoms. The van der Waals surface area contributed by atoms with E-state index in [1.807, 2.05) is 43.3 Å². The van der Waals surface area contributed by atoms with Crippen molar-refractivity contribution in [2.24, 2.45) is 0 Å². The number of nitrogens with two attached hydrogens (primary N) is 1. The molecule has 0 aliphatic rings. The zero-order chi connectivity index (χ0) is 15.6. The van der Waals surface area contributed by atoms with Gasteiger partial charge in [0, 0.05) is 31.0 Å². The van der Waals surface area contributed by atoms with E-state index >= 15 is 0 Å². The molecule has 0 bridgehead atoms. The molecule has 0 atom stereocenters. The van der Waals surface area contributed by atoms with Gasteiger partial charge in [0.2, 0.25) is 0 Å². The van der Waals surface area contributed by atoms with Gasteiger partial charge >= 0.3 is 0 Å². The van der Waals surface area contributed by atoms with E-state index in [1.54, 1.807) is 0 Å². The van der Waals surface area contributed by atoms with Crippen LogP contribution in [0.1, 0.15) is 10.4 Å². The number of rotatable bonds is 3. The quantitative estimate of drug-likeness (QED) is 0.842. The highest BCUT2D eigenvalue weighted by molar-refractivity contribution is 6.44. The van der Waals surface area contributed by atoms with Crippen LogP contribution in [0.25, 0.3) is 0 Å². The van der Waals surface area contributed by atoms with Crippen LogP contribution in [0.15, 0.2) is 36.4 Å². The Bertz CT molecular complexity index is 663. The minimum absolute atomic E-state index is 0.253. The number of amides is 1. The molecule has 6 heteroatoms. The highest BCUT2D eigenvalue weighted by Crippen LogP contribution is 2.29. The van der Waals surface area contributed by atoms with Gasteiger partial charge in [0.05, 0.1) is 15.7 Å². The van der Waals surface area contributed by atoms with Crippen molar-refractivity contribution in [1.82, 2.24) is 0 Å². The SMILES string of the molecule is CN(C)c1cccc(NC(=O)c2cc(N)c(Cl)c(Cl)c2)c1. The third kappa shape index (κ3) is 3.60. The molecule has 3 N–H and O–H groups in total. The average Bonchev–Trinajstić information content (AvgIpc) is 2.44. The van der Waals surface area contributed by atoms with Gasteiger partial charge in [-0.15, -0.1) is 0 Å². The maximum atomic E-state index is 12.2. The lowest BCUT2D eigenvalue weighted by atomic mass is 10.1. The van der Waals surface area contributed by atoms with E-state index in [0.717, 1.165) is 5.69 Å². The molecule has 2 aromatic rings. The molecule has 0 saturated carbocycles. The van der Waals surface area contributed by atoms with Crippen molar-refractivity contribution < 1.29 is 4.79 Å². The number of nitrogen functional groups attached to an aromatic ring is 1. The van der Waals surface area contributed by atoms with Gasteiger partial charge in [-0.2, -0.15) is 0 Å². The average molecular weight is 324 g/mol. The zero-order valence-electron chi connectivity index (χ0n) is 11.7. The molecule has 0 aromatic heterocycles. The first kappa shape index (κ1) is 15.5. The maximum Gasteiger partial charge on any atom is 0.255 e. The number of hydrogen-bond donors (Lipinski definition) is 2. The Kier molecular flexibility index (Phi) is 4.60. The van der Waals surface area contributed by atoms with Gasteiger partial charge in [-0.05, 0) is 30.3 Å². The van der Waals surface area contributed by atoms with Crippen LogP contribution in [0.5, 0.6) is 0 Å². The molecular weight excluding hydrogens is 309 g/mol. The summed E-state index contributed by atoms with van der Waals surface area (Å²) in [5.74, 6) is -0.295. The third-order valence-electron chi connectivity index (χ3n) is 2.94. The molecule has 0 heterocycles. The van der Waals surface area contributed by atoms with Crippen LogP contribution in [0.3, 0.4) is 0 Å². The van der Waals surface area contributed by atoms with E-state index in [2.05, 4.69) is 5.32 Å². The van der Waals surface area contributed by atoms with Gasteiger partial charge in [0.25, 0.3) is 5.91 Å². The highest BCUT2D eigenvalue weighted by Gasteiger charge is 2.12. The molecule has 2 rings (SSSR count). The molecule has 0 radical (unpaired) electrons. The summed E-state index contributed by atoms with van der Waals surface area (Å²) in [6.07, 6.45) is 0. The molecule has 4 nitrogen and oxygen atoms in total. The molecule has 110 valence electrons. The van der Waals surface area contributed by atoms with E-state index in [1.165, 1.54) is 12.1 Å². The van der Waals surface area contributed by atoms with Gasteiger partial charge in [0.15, 0.2) is 0 Å². The summed E-state index contributed by atoms with van der Waals surface area (Å²) >= 11 is 11.8. The first-order chi connectivity index (χ1) is 9.88. The fourth-order valence-electron chi connectivity index (χ4n) is 1.81. The Morgan fingerprint density at radius 2 is 1.90 bits per heavy atom. The van der Waals surface area contributed by atoms with Crippen molar-refractivity contribution in [3.63, 3.8) is 0 Å². The molecule has 0 aliphatic carbocycles. The lowest BCUT2D eigenvalue weighted by Gasteiger charge is -2.14. The van der Waals surface area contributed by atoms with Crippen LogP contribution in [0.2, 0.25) is 10.0 Å². The molecule has 0 aliphatic heterocycles. The summed E-state index contributed by atoms with van der Waals surface area (Å²) < 4.78 is 0. The Labute approximate surface area is 133 Å². The molecule has 0 fully saturated rings. The van der Waals surface area contributed by atoms with Crippen LogP contribution < -0.4 is 16.0 Å². The topological polar surface area (TPSA) is 58.4 Å². The molecule has 2 aromatic carbocycles. The third-order valence-corrected chi connectivity index (χ3v) is 3.76. The lowest BCUT2D eigenvalue weighted by Crippen LogP contribution is -2.13. The number of nitrogens with zero attached hydrogens (tertiary/aromatic N) is 1. The van der Waals surface area contributed by atoms with Crippen molar-refractivity contribution in [3.8, 4) is 0 Å². The van der Waals surface area contributed by atoms with Gasteiger partial charge in [-0.3, -0.25) is 4.79 Å². The van der Waals surface area contributed by atoms with Crippen LogP contribution >= 0.6 is 23.2 Å². The summed E-state index contributed by atoms with van der Waals surface area (Å²) in [4.78, 5) is 14.2. The fraction of sp³-hybridized carbons (Fsp3) is 0.133. The number of nitrogens with one attached hydrogen (secondary N) is 1. The first-order valence-corrected chi connectivity index (χ1v) is 6.97. The summed E-state index contributed by atoms with van der Waals surface area (Å²) in [6, 6.07) is 10.5. The summed E-state index contributed by atoms with van der Waals surface area (Å²) in [5.41, 5.74) is 8.02. The van der Waals surface area contributed by atoms with Crippen molar-refractivity contribution in [1.29, 1.82) is 0 Å². The predicted octanol–water partition coefficient (Wildman–Crippen LogP) is 3.89. The number of hydrogen-bond acceptors (Lipinski definition) is 3. The number of anilines is 3. The largest absolute Gasteiger partial charge is 0.397 e. The summed E-state index contributed by atoms with van der Waals surface area (Å²) in [7, 11) is 3.86. The van der Waals surface area contributed by atoms with Gasteiger partial charge in [-0.25, -0.2) is 0 Å². The van der Waals surface area contributed by atoms with Crippen molar-refractivity contribution in [3.05, 3.63) is 52.0 Å². The number of carbonyl (C=O) groups excluding carboxylic acids is 1. The van der Waals surface area contributed by atoms with E-state index in [9.17, 15) is 4.79 Å². The van der Waals surface area contributed by atoms with E-state index < -0.39 is 0 Å². The summed E-state index contributed by atoms with van der Waals surface area (Å²) in [6.45, 7) is 0. The van der Waals surface area contributed by atoms with E-state index in [0.29, 0.717) is 11.3 Å². The Morgan fingerprint density at radius 1 is 1.19 bits per heavy atom. The van der Waals surface area contributed by atoms with Crippen molar-refractivity contribution in [2.45, 2.75) is 0 Å². The smallest absolute Gasteiger partial charge is 0.255 e. The number of halogens is 2. The second-order valence-electron chi connectivity index (χ2n) is 4.76. The van der Waals surface area contributed by atoms with Crippen molar-refractivity contribution >= 4 is 46.2 Å². The summed E-state index contributed by atoms with van der Waals surface area (Å²) in [5, 5.41) is 3.31. The lowest BCUT2D eigenvalue weighted by molar-refractivity contribution is 0.102. The maximum absolute atomic E-state index is 12.2. The highest BCUT2D eigenvalue weighted by atomic mass is 35.5. The molecule has 0 saturated heterocycles. The monoisotopic (exact) mass is 323 g/mol. The minimum atomic E-state index is -0.295. The molecule has 0 unspecified atom stereocenters. The number of benzene rings is 2.